The van der Waals surface area contributed by atoms with Gasteiger partial charge in [0.1, 0.15) is 24.0 Å². The molecule has 2 rings (SSSR count). The number of fused-ring (bicyclic) bond motifs is 1. The van der Waals surface area contributed by atoms with E-state index in [2.05, 4.69) is 6.58 Å². The third kappa shape index (κ3) is 5.42. The fraction of sp³-hybridized carbons (Fsp3) is 0.421. The van der Waals surface area contributed by atoms with Crippen LogP contribution in [0.5, 0.6) is 5.75 Å². The van der Waals surface area contributed by atoms with Crippen LogP contribution in [0.1, 0.15) is 26.7 Å². The summed E-state index contributed by atoms with van der Waals surface area (Å²) in [5.41, 5.74) is -0.720. The number of rotatable bonds is 8. The number of aliphatic hydroxyl groups is 3. The minimum atomic E-state index is -1.20. The van der Waals surface area contributed by atoms with Crippen LogP contribution < -0.4 is 10.4 Å². The van der Waals surface area contributed by atoms with Crippen molar-refractivity contribution in [2.75, 3.05) is 6.61 Å². The molecule has 0 spiro atoms. The molecule has 0 fully saturated rings. The standard InChI is InChI=1S/C19H24O6/c1-12(4-8-17(21)19(2,3)23)15(20)11-24-14-7-5-13-6-9-18(22)25-16(13)10-14/h5-7,9-10,15,17,20-21,23H,1,4,8,11H2,2-3H3. The lowest BCUT2D eigenvalue weighted by Gasteiger charge is -2.25. The molecular weight excluding hydrogens is 324 g/mol. The predicted octanol–water partition coefficient (Wildman–Crippen LogP) is 2.00. The molecule has 0 saturated heterocycles. The molecular formula is C19H24O6. The zero-order chi connectivity index (χ0) is 18.6. The van der Waals surface area contributed by atoms with Crippen molar-refractivity contribution in [1.82, 2.24) is 0 Å². The van der Waals surface area contributed by atoms with E-state index in [9.17, 15) is 20.1 Å². The van der Waals surface area contributed by atoms with Crippen molar-refractivity contribution in [3.63, 3.8) is 0 Å². The van der Waals surface area contributed by atoms with Crippen molar-refractivity contribution in [2.45, 2.75) is 44.5 Å². The Morgan fingerprint density at radius 3 is 2.64 bits per heavy atom. The van der Waals surface area contributed by atoms with Gasteiger partial charge in [-0.05, 0) is 50.5 Å². The smallest absolute Gasteiger partial charge is 0.336 e. The Kier molecular flexibility index (Phi) is 6.00. The molecule has 0 amide bonds. The van der Waals surface area contributed by atoms with Crippen LogP contribution in [0.25, 0.3) is 11.0 Å². The van der Waals surface area contributed by atoms with Gasteiger partial charge < -0.3 is 24.5 Å². The molecule has 6 heteroatoms. The van der Waals surface area contributed by atoms with Crippen LogP contribution in [0.2, 0.25) is 0 Å². The van der Waals surface area contributed by atoms with Gasteiger partial charge in [-0.2, -0.15) is 0 Å². The van der Waals surface area contributed by atoms with Gasteiger partial charge in [0, 0.05) is 17.5 Å². The first-order valence-corrected chi connectivity index (χ1v) is 8.09. The maximum Gasteiger partial charge on any atom is 0.336 e. The zero-order valence-corrected chi connectivity index (χ0v) is 14.4. The third-order valence-electron chi connectivity index (χ3n) is 4.03. The molecule has 1 aromatic heterocycles. The molecule has 0 saturated carbocycles. The molecule has 0 aliphatic heterocycles. The largest absolute Gasteiger partial charge is 0.490 e. The highest BCUT2D eigenvalue weighted by molar-refractivity contribution is 5.77. The second kappa shape index (κ2) is 7.82. The molecule has 3 N–H and O–H groups in total. The normalized spacial score (nSPS) is 14.3. The van der Waals surface area contributed by atoms with Crippen LogP contribution in [0.4, 0.5) is 0 Å². The van der Waals surface area contributed by atoms with Gasteiger partial charge in [-0.1, -0.05) is 6.58 Å². The van der Waals surface area contributed by atoms with E-state index in [1.165, 1.54) is 19.9 Å². The minimum Gasteiger partial charge on any atom is -0.490 e. The fourth-order valence-corrected chi connectivity index (χ4v) is 2.27. The lowest BCUT2D eigenvalue weighted by molar-refractivity contribution is -0.0515. The predicted molar refractivity (Wildman–Crippen MR) is 94.7 cm³/mol. The molecule has 0 aliphatic carbocycles. The van der Waals surface area contributed by atoms with Crippen molar-refractivity contribution >= 4 is 11.0 Å². The Morgan fingerprint density at radius 2 is 1.96 bits per heavy atom. The van der Waals surface area contributed by atoms with E-state index in [0.29, 0.717) is 29.7 Å². The van der Waals surface area contributed by atoms with Crippen molar-refractivity contribution in [2.24, 2.45) is 0 Å². The first kappa shape index (κ1) is 19.2. The Hall–Kier alpha value is -2.15. The van der Waals surface area contributed by atoms with E-state index < -0.39 is 23.4 Å². The number of hydrogen-bond acceptors (Lipinski definition) is 6. The van der Waals surface area contributed by atoms with E-state index in [0.717, 1.165) is 5.39 Å². The first-order chi connectivity index (χ1) is 11.7. The van der Waals surface area contributed by atoms with Crippen molar-refractivity contribution in [1.29, 1.82) is 0 Å². The summed E-state index contributed by atoms with van der Waals surface area (Å²) in [5, 5.41) is 30.4. The van der Waals surface area contributed by atoms with E-state index in [-0.39, 0.29) is 6.61 Å². The summed E-state index contributed by atoms with van der Waals surface area (Å²) in [7, 11) is 0. The maximum absolute atomic E-state index is 11.3. The van der Waals surface area contributed by atoms with Gasteiger partial charge in [0.25, 0.3) is 0 Å². The molecule has 1 aromatic carbocycles. The highest BCUT2D eigenvalue weighted by Crippen LogP contribution is 2.21. The molecule has 2 unspecified atom stereocenters. The highest BCUT2D eigenvalue weighted by atomic mass is 16.5. The monoisotopic (exact) mass is 348 g/mol. The molecule has 1 heterocycles. The summed E-state index contributed by atoms with van der Waals surface area (Å²) in [6.07, 6.45) is -1.16. The van der Waals surface area contributed by atoms with Gasteiger partial charge >= 0.3 is 5.63 Å². The number of aliphatic hydroxyl groups excluding tert-OH is 2. The van der Waals surface area contributed by atoms with Gasteiger partial charge in [-0.15, -0.1) is 0 Å². The van der Waals surface area contributed by atoms with Gasteiger partial charge in [0.05, 0.1) is 11.7 Å². The first-order valence-electron chi connectivity index (χ1n) is 8.09. The van der Waals surface area contributed by atoms with Gasteiger partial charge in [-0.25, -0.2) is 4.79 Å². The molecule has 6 nitrogen and oxygen atoms in total. The van der Waals surface area contributed by atoms with Crippen LogP contribution in [0.3, 0.4) is 0 Å². The molecule has 25 heavy (non-hydrogen) atoms. The third-order valence-corrected chi connectivity index (χ3v) is 4.03. The van der Waals surface area contributed by atoms with Gasteiger partial charge in [0.2, 0.25) is 0 Å². The van der Waals surface area contributed by atoms with Crippen LogP contribution in [0.15, 0.2) is 51.7 Å². The van der Waals surface area contributed by atoms with Crippen molar-refractivity contribution in [3.8, 4) is 5.75 Å². The average Bonchev–Trinajstić information content (AvgIpc) is 2.55. The van der Waals surface area contributed by atoms with Gasteiger partial charge in [0.15, 0.2) is 0 Å². The summed E-state index contributed by atoms with van der Waals surface area (Å²) >= 11 is 0. The Labute approximate surface area is 146 Å². The maximum atomic E-state index is 11.3. The lowest BCUT2D eigenvalue weighted by Crippen LogP contribution is -2.36. The second-order valence-electron chi connectivity index (χ2n) is 6.65. The summed E-state index contributed by atoms with van der Waals surface area (Å²) in [6, 6.07) is 8.07. The van der Waals surface area contributed by atoms with E-state index in [4.69, 9.17) is 9.15 Å². The summed E-state index contributed by atoms with van der Waals surface area (Å²) in [6.45, 7) is 6.84. The Bertz CT molecular complexity index is 786. The SMILES string of the molecule is C=C(CCC(O)C(C)(C)O)C(O)COc1ccc2ccc(=O)oc2c1. The second-order valence-corrected chi connectivity index (χ2v) is 6.65. The summed E-state index contributed by atoms with van der Waals surface area (Å²) in [4.78, 5) is 11.3. The summed E-state index contributed by atoms with van der Waals surface area (Å²) < 4.78 is 10.6. The quantitative estimate of drug-likeness (QED) is 0.498. The summed E-state index contributed by atoms with van der Waals surface area (Å²) in [5.74, 6) is 0.463. The van der Waals surface area contributed by atoms with Gasteiger partial charge in [-0.3, -0.25) is 0 Å². The van der Waals surface area contributed by atoms with Crippen LogP contribution in [-0.4, -0.2) is 39.7 Å². The molecule has 0 radical (unpaired) electrons. The number of benzene rings is 1. The lowest BCUT2D eigenvalue weighted by atomic mass is 9.94. The average molecular weight is 348 g/mol. The zero-order valence-electron chi connectivity index (χ0n) is 14.4. The molecule has 2 atom stereocenters. The molecule has 0 bridgehead atoms. The Morgan fingerprint density at radius 1 is 1.28 bits per heavy atom. The number of hydrogen-bond donors (Lipinski definition) is 3. The fourth-order valence-electron chi connectivity index (χ4n) is 2.27. The molecule has 136 valence electrons. The van der Waals surface area contributed by atoms with Crippen molar-refractivity contribution in [3.05, 3.63) is 52.9 Å². The van der Waals surface area contributed by atoms with Crippen LogP contribution >= 0.6 is 0 Å². The molecule has 0 aliphatic rings. The van der Waals surface area contributed by atoms with Crippen LogP contribution in [0, 0.1) is 0 Å². The topological polar surface area (TPSA) is 100 Å². The number of ether oxygens (including phenoxy) is 1. The van der Waals surface area contributed by atoms with E-state index in [1.807, 2.05) is 0 Å². The molecule has 2 aromatic rings. The van der Waals surface area contributed by atoms with Crippen molar-refractivity contribution < 1.29 is 24.5 Å². The minimum absolute atomic E-state index is 0.0139. The van der Waals surface area contributed by atoms with E-state index in [1.54, 1.807) is 24.3 Å². The highest BCUT2D eigenvalue weighted by Gasteiger charge is 2.24. The van der Waals surface area contributed by atoms with Crippen LogP contribution in [-0.2, 0) is 0 Å². The Balaban J connectivity index is 1.89. The van der Waals surface area contributed by atoms with E-state index >= 15 is 0 Å².